The number of carbonyl (C=O) groups is 1. The number of esters is 1. The van der Waals surface area contributed by atoms with E-state index in [-0.39, 0.29) is 19.2 Å². The predicted octanol–water partition coefficient (Wildman–Crippen LogP) is 5.01. The van der Waals surface area contributed by atoms with E-state index in [1.54, 1.807) is 0 Å². The molecule has 148 valence electrons. The van der Waals surface area contributed by atoms with Crippen molar-refractivity contribution in [2.45, 2.75) is 103 Å². The van der Waals surface area contributed by atoms with Crippen LogP contribution in [0.3, 0.4) is 0 Å². The van der Waals surface area contributed by atoms with Crippen molar-refractivity contribution in [2.75, 3.05) is 13.2 Å². The maximum absolute atomic E-state index is 11.6. The molecule has 0 amide bonds. The summed E-state index contributed by atoms with van der Waals surface area (Å²) < 4.78 is 25.6. The van der Waals surface area contributed by atoms with E-state index in [4.69, 9.17) is 13.1 Å². The highest BCUT2D eigenvalue weighted by atomic mass is 32.2. The molecule has 1 saturated heterocycles. The minimum Gasteiger partial charge on any atom is -0.463 e. The topological polar surface area (TPSA) is 61.8 Å². The van der Waals surface area contributed by atoms with E-state index in [0.29, 0.717) is 6.42 Å². The van der Waals surface area contributed by atoms with Crippen LogP contribution in [0.1, 0.15) is 96.8 Å². The molecule has 0 bridgehead atoms. The Hall–Kier alpha value is -0.460. The van der Waals surface area contributed by atoms with Crippen molar-refractivity contribution < 1.29 is 22.1 Å². The zero-order valence-electron chi connectivity index (χ0n) is 15.8. The lowest BCUT2D eigenvalue weighted by Crippen LogP contribution is -2.20. The molecule has 0 aromatic rings. The molecule has 0 saturated carbocycles. The Kier molecular flexibility index (Phi) is 14.2. The fraction of sp³-hybridized carbons (Fsp3) is 0.947. The lowest BCUT2D eigenvalue weighted by molar-refractivity contribution is -0.145. The van der Waals surface area contributed by atoms with Gasteiger partial charge in [-0.2, -0.15) is 4.21 Å². The van der Waals surface area contributed by atoms with E-state index in [9.17, 15) is 9.00 Å². The molecule has 0 aromatic heterocycles. The molecule has 0 aliphatic carbocycles. The third-order valence-corrected chi connectivity index (χ3v) is 5.24. The average Bonchev–Trinajstić information content (AvgIpc) is 3.02. The number of hydrogen-bond donors (Lipinski definition) is 0. The third kappa shape index (κ3) is 13.4. The van der Waals surface area contributed by atoms with Crippen LogP contribution in [-0.2, 0) is 29.3 Å². The predicted molar refractivity (Wildman–Crippen MR) is 100 cm³/mol. The molecule has 1 aliphatic heterocycles. The van der Waals surface area contributed by atoms with Crippen LogP contribution in [0.25, 0.3) is 0 Å². The van der Waals surface area contributed by atoms with Crippen molar-refractivity contribution in [3.8, 4) is 0 Å². The highest BCUT2D eigenvalue weighted by Gasteiger charge is 2.24. The van der Waals surface area contributed by atoms with Crippen LogP contribution in [0.2, 0.25) is 0 Å². The quantitative estimate of drug-likeness (QED) is 0.280. The number of ether oxygens (including phenoxy) is 1. The Balaban J connectivity index is 1.76. The van der Waals surface area contributed by atoms with Crippen LogP contribution >= 0.6 is 0 Å². The molecule has 25 heavy (non-hydrogen) atoms. The Morgan fingerprint density at radius 3 is 1.92 bits per heavy atom. The maximum Gasteiger partial charge on any atom is 0.305 e. The highest BCUT2D eigenvalue weighted by Crippen LogP contribution is 2.13. The normalized spacial score (nSPS) is 20.0. The number of rotatable bonds is 16. The van der Waals surface area contributed by atoms with Crippen LogP contribution in [0.4, 0.5) is 0 Å². The van der Waals surface area contributed by atoms with Gasteiger partial charge in [0, 0.05) is 6.42 Å². The first-order valence-electron chi connectivity index (χ1n) is 10.1. The maximum atomic E-state index is 11.6. The molecular weight excluding hydrogens is 340 g/mol. The summed E-state index contributed by atoms with van der Waals surface area (Å²) in [5.41, 5.74) is 0. The number of hydrogen-bond acceptors (Lipinski definition) is 5. The SMILES string of the molecule is CCCCCCCCCCCCCCCC(=O)OC[C@@H]1COS(=O)O1. The molecule has 6 heteroatoms. The summed E-state index contributed by atoms with van der Waals surface area (Å²) in [6, 6.07) is 0. The van der Waals surface area contributed by atoms with Gasteiger partial charge in [-0.3, -0.25) is 13.2 Å². The Bertz CT molecular complexity index is 362. The average molecular weight is 377 g/mol. The Morgan fingerprint density at radius 1 is 0.920 bits per heavy atom. The van der Waals surface area contributed by atoms with Crippen LogP contribution < -0.4 is 0 Å². The van der Waals surface area contributed by atoms with Gasteiger partial charge in [-0.05, 0) is 6.42 Å². The molecule has 1 rings (SSSR count). The van der Waals surface area contributed by atoms with Crippen molar-refractivity contribution in [3.63, 3.8) is 0 Å². The summed E-state index contributed by atoms with van der Waals surface area (Å²) in [6.45, 7) is 2.61. The zero-order valence-corrected chi connectivity index (χ0v) is 16.7. The van der Waals surface area contributed by atoms with E-state index in [2.05, 4.69) is 6.92 Å². The van der Waals surface area contributed by atoms with Crippen LogP contribution in [0.15, 0.2) is 0 Å². The van der Waals surface area contributed by atoms with Crippen LogP contribution in [0, 0.1) is 0 Å². The van der Waals surface area contributed by atoms with E-state index >= 15 is 0 Å². The third-order valence-electron chi connectivity index (χ3n) is 4.48. The van der Waals surface area contributed by atoms with Crippen molar-refractivity contribution in [3.05, 3.63) is 0 Å². The van der Waals surface area contributed by atoms with Crippen molar-refractivity contribution >= 4 is 17.3 Å². The summed E-state index contributed by atoms with van der Waals surface area (Å²) >= 11 is -1.67. The van der Waals surface area contributed by atoms with Gasteiger partial charge in [0.05, 0.1) is 6.61 Å². The first-order chi connectivity index (χ1) is 12.2. The van der Waals surface area contributed by atoms with Gasteiger partial charge in [0.1, 0.15) is 12.7 Å². The lowest BCUT2D eigenvalue weighted by atomic mass is 10.0. The zero-order chi connectivity index (χ0) is 18.2. The van der Waals surface area contributed by atoms with Gasteiger partial charge in [0.2, 0.25) is 0 Å². The molecule has 1 aliphatic rings. The minimum atomic E-state index is -1.67. The lowest BCUT2D eigenvalue weighted by Gasteiger charge is -2.07. The van der Waals surface area contributed by atoms with Gasteiger partial charge in [-0.25, -0.2) is 0 Å². The summed E-state index contributed by atoms with van der Waals surface area (Å²) in [5, 5.41) is 0. The highest BCUT2D eigenvalue weighted by molar-refractivity contribution is 7.75. The Labute approximate surface area is 156 Å². The van der Waals surface area contributed by atoms with Gasteiger partial charge in [0.15, 0.2) is 0 Å². The van der Waals surface area contributed by atoms with Crippen LogP contribution in [0.5, 0.6) is 0 Å². The van der Waals surface area contributed by atoms with Gasteiger partial charge < -0.3 is 4.74 Å². The molecule has 0 spiro atoms. The molecule has 1 fully saturated rings. The van der Waals surface area contributed by atoms with Gasteiger partial charge in [0.25, 0.3) is 0 Å². The minimum absolute atomic E-state index is 0.128. The fourth-order valence-electron chi connectivity index (χ4n) is 2.92. The van der Waals surface area contributed by atoms with Crippen molar-refractivity contribution in [1.82, 2.24) is 0 Å². The molecule has 1 heterocycles. The second-order valence-electron chi connectivity index (χ2n) is 6.88. The molecule has 5 nitrogen and oxygen atoms in total. The number of carbonyl (C=O) groups excluding carboxylic acids is 1. The summed E-state index contributed by atoms with van der Waals surface area (Å²) in [6.07, 6.45) is 16.8. The van der Waals surface area contributed by atoms with Crippen molar-refractivity contribution in [1.29, 1.82) is 0 Å². The van der Waals surface area contributed by atoms with E-state index in [1.165, 1.54) is 70.6 Å². The second-order valence-corrected chi connectivity index (χ2v) is 7.72. The summed E-state index contributed by atoms with van der Waals surface area (Å²) in [7, 11) is 0. The largest absolute Gasteiger partial charge is 0.463 e. The monoisotopic (exact) mass is 376 g/mol. The standard InChI is InChI=1S/C19H36O5S/c1-2-3-4-5-6-7-8-9-10-11-12-13-14-15-19(20)22-16-18-17-23-25(21)24-18/h18H,2-17H2,1H3/t18-,25?/m1/s1. The molecule has 2 atom stereocenters. The van der Waals surface area contributed by atoms with Gasteiger partial charge in [-0.1, -0.05) is 84.0 Å². The molecule has 0 N–H and O–H groups in total. The summed E-state index contributed by atoms with van der Waals surface area (Å²) in [5.74, 6) is -0.204. The first-order valence-corrected chi connectivity index (χ1v) is 11.1. The second kappa shape index (κ2) is 15.8. The Morgan fingerprint density at radius 2 is 1.44 bits per heavy atom. The fourth-order valence-corrected chi connectivity index (χ4v) is 3.57. The van der Waals surface area contributed by atoms with E-state index in [1.807, 2.05) is 0 Å². The van der Waals surface area contributed by atoms with Crippen molar-refractivity contribution in [2.24, 2.45) is 0 Å². The van der Waals surface area contributed by atoms with Gasteiger partial charge in [-0.15, -0.1) is 0 Å². The molecular formula is C19H36O5S. The summed E-state index contributed by atoms with van der Waals surface area (Å²) in [4.78, 5) is 11.6. The molecule has 0 aromatic carbocycles. The smallest absolute Gasteiger partial charge is 0.305 e. The van der Waals surface area contributed by atoms with E-state index < -0.39 is 17.5 Å². The van der Waals surface area contributed by atoms with Crippen LogP contribution in [-0.4, -0.2) is 29.5 Å². The molecule has 0 radical (unpaired) electrons. The van der Waals surface area contributed by atoms with E-state index in [0.717, 1.165) is 12.8 Å². The van der Waals surface area contributed by atoms with Gasteiger partial charge >= 0.3 is 17.3 Å². The molecule has 1 unspecified atom stereocenters. The first kappa shape index (κ1) is 22.6. The number of unbranched alkanes of at least 4 members (excludes halogenated alkanes) is 12.